The minimum Gasteiger partial charge on any atom is -0.495 e. The minimum atomic E-state index is -0.0544. The van der Waals surface area contributed by atoms with Crippen LogP contribution in [0.2, 0.25) is 5.02 Å². The lowest BCUT2D eigenvalue weighted by atomic mass is 9.90. The van der Waals surface area contributed by atoms with Crippen LogP contribution >= 0.6 is 11.6 Å². The number of amides is 1. The molecule has 1 fully saturated rings. The summed E-state index contributed by atoms with van der Waals surface area (Å²) in [6, 6.07) is 3.54. The highest BCUT2D eigenvalue weighted by molar-refractivity contribution is 6.31. The second kappa shape index (κ2) is 6.86. The number of nitrogens with zero attached hydrogens (tertiary/aromatic N) is 1. The molecule has 0 radical (unpaired) electrons. The molecule has 0 aliphatic carbocycles. The number of nitrogens with one attached hydrogen (secondary N) is 1. The van der Waals surface area contributed by atoms with E-state index in [0.717, 1.165) is 25.1 Å². The molecule has 1 amide bonds. The van der Waals surface area contributed by atoms with E-state index >= 15 is 0 Å². The van der Waals surface area contributed by atoms with Gasteiger partial charge < -0.3 is 15.8 Å². The van der Waals surface area contributed by atoms with Gasteiger partial charge in [0.25, 0.3) is 0 Å². The number of nitrogens with two attached hydrogens (primary N) is 1. The van der Waals surface area contributed by atoms with E-state index in [4.69, 9.17) is 22.1 Å². The van der Waals surface area contributed by atoms with Crippen LogP contribution in [-0.4, -0.2) is 44.1 Å². The Morgan fingerprint density at radius 2 is 2.27 bits per heavy atom. The summed E-state index contributed by atoms with van der Waals surface area (Å²) in [5.41, 5.74) is 7.46. The number of hydrogen-bond donors (Lipinski definition) is 2. The first-order valence-electron chi connectivity index (χ1n) is 7.43. The molecule has 1 aliphatic rings. The molecule has 1 heterocycles. The molecular formula is C16H24ClN3O2. The number of halogens is 1. The fourth-order valence-electron chi connectivity index (χ4n) is 2.75. The average molecular weight is 326 g/mol. The zero-order chi connectivity index (χ0) is 16.3. The molecule has 6 heteroatoms. The third-order valence-electron chi connectivity index (χ3n) is 4.25. The molecule has 22 heavy (non-hydrogen) atoms. The number of anilines is 1. The van der Waals surface area contributed by atoms with E-state index < -0.39 is 0 Å². The lowest BCUT2D eigenvalue weighted by molar-refractivity contribution is -0.117. The van der Waals surface area contributed by atoms with Gasteiger partial charge in [-0.25, -0.2) is 0 Å². The lowest BCUT2D eigenvalue weighted by Gasteiger charge is -2.22. The maximum Gasteiger partial charge on any atom is 0.238 e. The van der Waals surface area contributed by atoms with E-state index in [0.29, 0.717) is 29.5 Å². The van der Waals surface area contributed by atoms with E-state index in [2.05, 4.69) is 17.1 Å². The summed E-state index contributed by atoms with van der Waals surface area (Å²) in [5, 5.41) is 3.52. The van der Waals surface area contributed by atoms with E-state index in [1.165, 1.54) is 0 Å². The topological polar surface area (TPSA) is 67.6 Å². The Morgan fingerprint density at radius 3 is 2.86 bits per heavy atom. The highest BCUT2D eigenvalue weighted by Gasteiger charge is 2.33. The van der Waals surface area contributed by atoms with Gasteiger partial charge in [0.05, 0.1) is 19.3 Å². The number of likely N-dealkylation sites (tertiary alicyclic amines) is 1. The van der Waals surface area contributed by atoms with Crippen molar-refractivity contribution in [1.29, 1.82) is 0 Å². The van der Waals surface area contributed by atoms with Crippen molar-refractivity contribution in [2.24, 2.45) is 11.1 Å². The normalized spacial score (nSPS) is 21.9. The Balaban J connectivity index is 2.00. The van der Waals surface area contributed by atoms with Crippen LogP contribution in [0.15, 0.2) is 12.1 Å². The highest BCUT2D eigenvalue weighted by atomic mass is 35.5. The van der Waals surface area contributed by atoms with Gasteiger partial charge in [0.1, 0.15) is 5.75 Å². The zero-order valence-electron chi connectivity index (χ0n) is 13.4. The lowest BCUT2D eigenvalue weighted by Crippen LogP contribution is -2.35. The van der Waals surface area contributed by atoms with E-state index in [-0.39, 0.29) is 11.3 Å². The van der Waals surface area contributed by atoms with Crippen molar-refractivity contribution in [1.82, 2.24) is 4.90 Å². The minimum absolute atomic E-state index is 0.0544. The van der Waals surface area contributed by atoms with Gasteiger partial charge in [0, 0.05) is 17.6 Å². The predicted octanol–water partition coefficient (Wildman–Crippen LogP) is 2.27. The van der Waals surface area contributed by atoms with Gasteiger partial charge >= 0.3 is 0 Å². The van der Waals surface area contributed by atoms with Crippen molar-refractivity contribution < 1.29 is 9.53 Å². The quantitative estimate of drug-likeness (QED) is 0.871. The monoisotopic (exact) mass is 325 g/mol. The second-order valence-electron chi connectivity index (χ2n) is 6.33. The SMILES string of the molecule is COc1cc(Cl)c(C)cc1NC(=O)CN1CCC(C)(CN)C1. The van der Waals surface area contributed by atoms with Crippen LogP contribution in [0.25, 0.3) is 0 Å². The maximum atomic E-state index is 12.3. The van der Waals surface area contributed by atoms with Crippen LogP contribution < -0.4 is 15.8 Å². The molecule has 0 saturated carbocycles. The van der Waals surface area contributed by atoms with E-state index in [1.54, 1.807) is 13.2 Å². The van der Waals surface area contributed by atoms with Gasteiger partial charge in [-0.2, -0.15) is 0 Å². The van der Waals surface area contributed by atoms with Crippen LogP contribution in [0.1, 0.15) is 18.9 Å². The number of methoxy groups -OCH3 is 1. The number of hydrogen-bond acceptors (Lipinski definition) is 4. The first kappa shape index (κ1) is 17.1. The van der Waals surface area contributed by atoms with Crippen LogP contribution in [0.4, 0.5) is 5.69 Å². The van der Waals surface area contributed by atoms with Crippen LogP contribution in [0, 0.1) is 12.3 Å². The van der Waals surface area contributed by atoms with E-state index in [1.807, 2.05) is 13.0 Å². The van der Waals surface area contributed by atoms with Crippen molar-refractivity contribution in [2.75, 3.05) is 38.6 Å². The Labute approximate surface area is 136 Å². The van der Waals surface area contributed by atoms with Crippen molar-refractivity contribution >= 4 is 23.2 Å². The fourth-order valence-corrected chi connectivity index (χ4v) is 2.90. The molecule has 1 aliphatic heterocycles. The van der Waals surface area contributed by atoms with Gasteiger partial charge in [0.15, 0.2) is 0 Å². The fraction of sp³-hybridized carbons (Fsp3) is 0.562. The van der Waals surface area contributed by atoms with Crippen molar-refractivity contribution in [3.8, 4) is 5.75 Å². The Kier molecular flexibility index (Phi) is 5.32. The molecule has 0 spiro atoms. The summed E-state index contributed by atoms with van der Waals surface area (Å²) >= 11 is 6.07. The van der Waals surface area contributed by atoms with Gasteiger partial charge in [-0.1, -0.05) is 18.5 Å². The zero-order valence-corrected chi connectivity index (χ0v) is 14.2. The van der Waals surface area contributed by atoms with Gasteiger partial charge in [-0.05, 0) is 43.5 Å². The first-order valence-corrected chi connectivity index (χ1v) is 7.81. The number of benzene rings is 1. The molecule has 2 rings (SSSR count). The molecule has 1 aromatic rings. The number of aryl methyl sites for hydroxylation is 1. The number of ether oxygens (including phenoxy) is 1. The van der Waals surface area contributed by atoms with Crippen molar-refractivity contribution in [3.63, 3.8) is 0 Å². The summed E-state index contributed by atoms with van der Waals surface area (Å²) in [7, 11) is 1.56. The largest absolute Gasteiger partial charge is 0.495 e. The first-order chi connectivity index (χ1) is 10.4. The summed E-state index contributed by atoms with van der Waals surface area (Å²) in [6.07, 6.45) is 1.03. The third kappa shape index (κ3) is 3.91. The molecule has 3 N–H and O–H groups in total. The number of carbonyl (C=O) groups excluding carboxylic acids is 1. The molecule has 0 aromatic heterocycles. The Bertz CT molecular complexity index is 565. The van der Waals surface area contributed by atoms with Gasteiger partial charge in [-0.3, -0.25) is 9.69 Å². The summed E-state index contributed by atoms with van der Waals surface area (Å²) in [5.74, 6) is 0.512. The van der Waals surface area contributed by atoms with Crippen LogP contribution in [-0.2, 0) is 4.79 Å². The smallest absolute Gasteiger partial charge is 0.238 e. The molecule has 1 saturated heterocycles. The standard InChI is InChI=1S/C16H24ClN3O2/c1-11-6-13(14(22-3)7-12(11)17)19-15(21)8-20-5-4-16(2,9-18)10-20/h6-7H,4-5,8-10,18H2,1-3H3,(H,19,21). The number of carbonyl (C=O) groups is 1. The molecule has 122 valence electrons. The molecule has 0 bridgehead atoms. The summed E-state index contributed by atoms with van der Waals surface area (Å²) in [6.45, 7) is 6.82. The molecular weight excluding hydrogens is 302 g/mol. The predicted molar refractivity (Wildman–Crippen MR) is 89.6 cm³/mol. The van der Waals surface area contributed by atoms with Gasteiger partial charge in [0.2, 0.25) is 5.91 Å². The number of rotatable bonds is 5. The summed E-state index contributed by atoms with van der Waals surface area (Å²) in [4.78, 5) is 14.4. The van der Waals surface area contributed by atoms with E-state index in [9.17, 15) is 4.79 Å². The average Bonchev–Trinajstić information content (AvgIpc) is 2.84. The summed E-state index contributed by atoms with van der Waals surface area (Å²) < 4.78 is 5.27. The van der Waals surface area contributed by atoms with Crippen molar-refractivity contribution in [2.45, 2.75) is 20.3 Å². The van der Waals surface area contributed by atoms with Crippen molar-refractivity contribution in [3.05, 3.63) is 22.7 Å². The Hall–Kier alpha value is -1.30. The highest BCUT2D eigenvalue weighted by Crippen LogP contribution is 2.31. The van der Waals surface area contributed by atoms with Crippen LogP contribution in [0.3, 0.4) is 0 Å². The maximum absolute atomic E-state index is 12.3. The molecule has 5 nitrogen and oxygen atoms in total. The third-order valence-corrected chi connectivity index (χ3v) is 4.66. The molecule has 1 aromatic carbocycles. The Morgan fingerprint density at radius 1 is 1.55 bits per heavy atom. The second-order valence-corrected chi connectivity index (χ2v) is 6.73. The molecule has 1 unspecified atom stereocenters. The van der Waals surface area contributed by atoms with Crippen LogP contribution in [0.5, 0.6) is 5.75 Å². The van der Waals surface area contributed by atoms with Gasteiger partial charge in [-0.15, -0.1) is 0 Å². The molecule has 1 atom stereocenters.